The zero-order valence-electron chi connectivity index (χ0n) is 15.4. The first-order valence-electron chi connectivity index (χ1n) is 7.99. The number of nitro benzene ring substituents is 1. The van der Waals surface area contributed by atoms with Crippen LogP contribution in [0.25, 0.3) is 0 Å². The molecule has 0 aliphatic heterocycles. The molecule has 0 aliphatic carbocycles. The van der Waals surface area contributed by atoms with Gasteiger partial charge in [0.15, 0.2) is 0 Å². The van der Waals surface area contributed by atoms with Crippen LogP contribution in [0.3, 0.4) is 0 Å². The molecule has 0 spiro atoms. The Labute approximate surface area is 157 Å². The summed E-state index contributed by atoms with van der Waals surface area (Å²) in [6, 6.07) is 8.70. The molecular weight excluding hydrogens is 372 g/mol. The van der Waals surface area contributed by atoms with E-state index >= 15 is 0 Å². The molecule has 0 atom stereocenters. The molecule has 2 aromatic carbocycles. The summed E-state index contributed by atoms with van der Waals surface area (Å²) in [5.41, 5.74) is 1.86. The van der Waals surface area contributed by atoms with Crippen molar-refractivity contribution in [2.75, 3.05) is 18.0 Å². The molecule has 0 amide bonds. The van der Waals surface area contributed by atoms with Crippen LogP contribution in [0.1, 0.15) is 16.7 Å². The minimum Gasteiger partial charge on any atom is -0.468 e. The van der Waals surface area contributed by atoms with Crippen LogP contribution in [-0.2, 0) is 19.6 Å². The van der Waals surface area contributed by atoms with Crippen LogP contribution in [0.15, 0.2) is 41.3 Å². The number of non-ortho nitro benzene ring substituents is 1. The van der Waals surface area contributed by atoms with Gasteiger partial charge in [-0.05, 0) is 38.0 Å². The van der Waals surface area contributed by atoms with Gasteiger partial charge in [-0.1, -0.05) is 23.8 Å². The number of aryl methyl sites for hydroxylation is 3. The number of hydrogen-bond acceptors (Lipinski definition) is 6. The molecule has 0 saturated heterocycles. The molecule has 0 fully saturated rings. The maximum absolute atomic E-state index is 13.3. The van der Waals surface area contributed by atoms with E-state index < -0.39 is 27.5 Å². The largest absolute Gasteiger partial charge is 0.468 e. The molecule has 0 radical (unpaired) electrons. The Morgan fingerprint density at radius 1 is 1.11 bits per heavy atom. The lowest BCUT2D eigenvalue weighted by Gasteiger charge is -2.25. The van der Waals surface area contributed by atoms with Gasteiger partial charge in [0.2, 0.25) is 0 Å². The number of sulfonamides is 1. The number of anilines is 1. The maximum Gasteiger partial charge on any atom is 0.326 e. The molecule has 2 rings (SSSR count). The van der Waals surface area contributed by atoms with Crippen molar-refractivity contribution < 1.29 is 22.9 Å². The van der Waals surface area contributed by atoms with E-state index in [4.69, 9.17) is 0 Å². The van der Waals surface area contributed by atoms with E-state index in [-0.39, 0.29) is 10.6 Å². The lowest BCUT2D eigenvalue weighted by atomic mass is 10.1. The van der Waals surface area contributed by atoms with Gasteiger partial charge in [0, 0.05) is 12.1 Å². The lowest BCUT2D eigenvalue weighted by molar-refractivity contribution is -0.385. The zero-order valence-corrected chi connectivity index (χ0v) is 16.2. The van der Waals surface area contributed by atoms with Crippen LogP contribution >= 0.6 is 0 Å². The highest BCUT2D eigenvalue weighted by Crippen LogP contribution is 2.30. The quantitative estimate of drug-likeness (QED) is 0.425. The smallest absolute Gasteiger partial charge is 0.326 e. The first kappa shape index (κ1) is 20.4. The highest BCUT2D eigenvalue weighted by Gasteiger charge is 2.31. The second-order valence-corrected chi connectivity index (χ2v) is 7.92. The second-order valence-electron chi connectivity index (χ2n) is 6.08. The average Bonchev–Trinajstić information content (AvgIpc) is 2.59. The van der Waals surface area contributed by atoms with E-state index in [1.54, 1.807) is 25.1 Å². The number of nitro groups is 1. The number of benzene rings is 2. The standard InChI is InChI=1S/C18H20N2O6S/c1-12-5-8-16(14(3)9-12)19(11-18(21)26-4)27(24,25)17-10-15(20(22)23)7-6-13(17)2/h5-10H,11H2,1-4H3. The number of esters is 1. The van der Waals surface area contributed by atoms with Gasteiger partial charge in [0.1, 0.15) is 6.54 Å². The summed E-state index contributed by atoms with van der Waals surface area (Å²) < 4.78 is 32.2. The summed E-state index contributed by atoms with van der Waals surface area (Å²) in [5, 5.41) is 11.1. The Kier molecular flexibility index (Phi) is 5.85. The number of carbonyl (C=O) groups excluding carboxylic acids is 1. The van der Waals surface area contributed by atoms with Crippen LogP contribution in [0.4, 0.5) is 11.4 Å². The molecule has 0 heterocycles. The minimum atomic E-state index is -4.25. The topological polar surface area (TPSA) is 107 Å². The van der Waals surface area contributed by atoms with Gasteiger partial charge in [0.05, 0.1) is 22.6 Å². The van der Waals surface area contributed by atoms with Crippen molar-refractivity contribution in [1.82, 2.24) is 0 Å². The first-order valence-corrected chi connectivity index (χ1v) is 9.43. The third-order valence-electron chi connectivity index (χ3n) is 4.07. The summed E-state index contributed by atoms with van der Waals surface area (Å²) in [7, 11) is -3.09. The van der Waals surface area contributed by atoms with Crippen LogP contribution < -0.4 is 4.31 Å². The number of hydrogen-bond donors (Lipinski definition) is 0. The molecule has 0 bridgehead atoms. The van der Waals surface area contributed by atoms with Crippen molar-refractivity contribution in [3.8, 4) is 0 Å². The highest BCUT2D eigenvalue weighted by atomic mass is 32.2. The van der Waals surface area contributed by atoms with Gasteiger partial charge >= 0.3 is 5.97 Å². The fraction of sp³-hybridized carbons (Fsp3) is 0.278. The molecule has 0 saturated carbocycles. The van der Waals surface area contributed by atoms with Gasteiger partial charge in [-0.2, -0.15) is 0 Å². The van der Waals surface area contributed by atoms with E-state index in [0.29, 0.717) is 16.8 Å². The van der Waals surface area contributed by atoms with E-state index in [1.165, 1.54) is 19.1 Å². The third-order valence-corrected chi connectivity index (χ3v) is 5.97. The van der Waals surface area contributed by atoms with Gasteiger partial charge in [-0.3, -0.25) is 19.2 Å². The average molecular weight is 392 g/mol. The van der Waals surface area contributed by atoms with E-state index in [9.17, 15) is 23.3 Å². The predicted octanol–water partition coefficient (Wildman–Crippen LogP) is 2.89. The van der Waals surface area contributed by atoms with Gasteiger partial charge in [-0.25, -0.2) is 8.42 Å². The Balaban J connectivity index is 2.69. The Morgan fingerprint density at radius 3 is 2.33 bits per heavy atom. The van der Waals surface area contributed by atoms with Gasteiger partial charge in [-0.15, -0.1) is 0 Å². The van der Waals surface area contributed by atoms with E-state index in [1.807, 2.05) is 6.92 Å². The van der Waals surface area contributed by atoms with Crippen molar-refractivity contribution in [2.24, 2.45) is 0 Å². The molecule has 8 nitrogen and oxygen atoms in total. The van der Waals surface area contributed by atoms with Crippen molar-refractivity contribution >= 4 is 27.4 Å². The predicted molar refractivity (Wildman–Crippen MR) is 100 cm³/mol. The maximum atomic E-state index is 13.3. The summed E-state index contributed by atoms with van der Waals surface area (Å²) in [5.74, 6) is -0.748. The Hall–Kier alpha value is -2.94. The normalized spacial score (nSPS) is 11.1. The molecule has 27 heavy (non-hydrogen) atoms. The number of nitrogens with zero attached hydrogens (tertiary/aromatic N) is 2. The summed E-state index contributed by atoms with van der Waals surface area (Å²) in [6.45, 7) is 4.57. The molecule has 0 unspecified atom stereocenters. The fourth-order valence-electron chi connectivity index (χ4n) is 2.67. The Morgan fingerprint density at radius 2 is 1.78 bits per heavy atom. The molecule has 0 aliphatic rings. The Bertz CT molecular complexity index is 1000. The van der Waals surface area contributed by atoms with Crippen molar-refractivity contribution in [3.63, 3.8) is 0 Å². The molecular formula is C18H20N2O6S. The van der Waals surface area contributed by atoms with Crippen LogP contribution in [0, 0.1) is 30.9 Å². The van der Waals surface area contributed by atoms with Crippen LogP contribution in [0.5, 0.6) is 0 Å². The van der Waals surface area contributed by atoms with Crippen molar-refractivity contribution in [1.29, 1.82) is 0 Å². The number of methoxy groups -OCH3 is 1. The molecule has 144 valence electrons. The summed E-state index contributed by atoms with van der Waals surface area (Å²) in [6.07, 6.45) is 0. The van der Waals surface area contributed by atoms with E-state index in [0.717, 1.165) is 23.0 Å². The summed E-state index contributed by atoms with van der Waals surface area (Å²) in [4.78, 5) is 22.0. The number of rotatable bonds is 6. The second kappa shape index (κ2) is 7.75. The van der Waals surface area contributed by atoms with Gasteiger partial charge in [0.25, 0.3) is 15.7 Å². The first-order chi connectivity index (χ1) is 12.6. The molecule has 0 N–H and O–H groups in total. The number of carbonyl (C=O) groups is 1. The fourth-order valence-corrected chi connectivity index (χ4v) is 4.39. The van der Waals surface area contributed by atoms with Crippen LogP contribution in [0.2, 0.25) is 0 Å². The van der Waals surface area contributed by atoms with Crippen LogP contribution in [-0.4, -0.2) is 33.0 Å². The highest BCUT2D eigenvalue weighted by molar-refractivity contribution is 7.93. The third kappa shape index (κ3) is 4.25. The molecule has 2 aromatic rings. The number of ether oxygens (including phenoxy) is 1. The lowest BCUT2D eigenvalue weighted by Crippen LogP contribution is -2.37. The van der Waals surface area contributed by atoms with Crippen molar-refractivity contribution in [3.05, 3.63) is 63.2 Å². The van der Waals surface area contributed by atoms with E-state index in [2.05, 4.69) is 4.74 Å². The molecule has 0 aromatic heterocycles. The zero-order chi connectivity index (χ0) is 20.4. The minimum absolute atomic E-state index is 0.236. The molecule has 9 heteroatoms. The SMILES string of the molecule is COC(=O)CN(c1ccc(C)cc1C)S(=O)(=O)c1cc([N+](=O)[O-])ccc1C. The van der Waals surface area contributed by atoms with Crippen molar-refractivity contribution in [2.45, 2.75) is 25.7 Å². The van der Waals surface area contributed by atoms with Gasteiger partial charge < -0.3 is 4.74 Å². The summed E-state index contributed by atoms with van der Waals surface area (Å²) >= 11 is 0. The monoisotopic (exact) mass is 392 g/mol.